The van der Waals surface area contributed by atoms with Gasteiger partial charge in [0.1, 0.15) is 0 Å². The summed E-state index contributed by atoms with van der Waals surface area (Å²) in [5.41, 5.74) is 8.37. The van der Waals surface area contributed by atoms with E-state index in [9.17, 15) is 0 Å². The smallest absolute Gasteiger partial charge is 0.0640 e. The zero-order valence-corrected chi connectivity index (χ0v) is 26.4. The molecular weight excluding hydrogens is 565 g/mol. The molecule has 0 N–H and O–H groups in total. The van der Waals surface area contributed by atoms with Crippen LogP contribution in [-0.4, -0.2) is 0 Å². The van der Waals surface area contributed by atoms with Crippen molar-refractivity contribution in [1.29, 1.82) is 0 Å². The summed E-state index contributed by atoms with van der Waals surface area (Å²) in [5, 5.41) is 7.55. The predicted molar refractivity (Wildman–Crippen MR) is 196 cm³/mol. The molecule has 0 spiro atoms. The highest BCUT2D eigenvalue weighted by molar-refractivity contribution is 7.27. The van der Waals surface area contributed by atoms with Crippen molar-refractivity contribution in [1.82, 2.24) is 0 Å². The summed E-state index contributed by atoms with van der Waals surface area (Å²) in [5.74, 6) is 0. The molecule has 1 aliphatic heterocycles. The van der Waals surface area contributed by atoms with Crippen molar-refractivity contribution in [2.45, 2.75) is 26.2 Å². The van der Waals surface area contributed by atoms with Crippen molar-refractivity contribution in [3.63, 3.8) is 0 Å². The molecule has 1 aliphatic rings. The van der Waals surface area contributed by atoms with Gasteiger partial charge in [-0.15, -0.1) is 11.3 Å². The Hall–Kier alpha value is -5.12. The maximum atomic E-state index is 2.51. The third-order valence-electron chi connectivity index (χ3n) is 9.26. The summed E-state index contributed by atoms with van der Waals surface area (Å²) in [6.07, 6.45) is 0. The average molecular weight is 597 g/mol. The Morgan fingerprint density at radius 3 is 1.31 bits per heavy atom. The fraction of sp³-hybridized carbons (Fsp3) is 0.0952. The number of nitrogens with zero attached hydrogens (tertiary/aromatic N) is 2. The Kier molecular flexibility index (Phi) is 5.66. The van der Waals surface area contributed by atoms with E-state index >= 15 is 0 Å². The molecule has 0 unspecified atom stereocenters. The molecule has 3 heteroatoms. The van der Waals surface area contributed by atoms with Crippen LogP contribution in [0.5, 0.6) is 0 Å². The van der Waals surface area contributed by atoms with Crippen molar-refractivity contribution in [3.05, 3.63) is 145 Å². The molecule has 9 rings (SSSR count). The van der Waals surface area contributed by atoms with E-state index in [-0.39, 0.29) is 5.41 Å². The van der Waals surface area contributed by atoms with Gasteiger partial charge in [-0.2, -0.15) is 0 Å². The number of benzene rings is 7. The topological polar surface area (TPSA) is 6.48 Å². The van der Waals surface area contributed by atoms with E-state index in [1.807, 2.05) is 11.3 Å². The van der Waals surface area contributed by atoms with Crippen LogP contribution in [0.2, 0.25) is 0 Å². The summed E-state index contributed by atoms with van der Waals surface area (Å²) in [4.78, 5) is 5.01. The number of anilines is 6. The highest BCUT2D eigenvalue weighted by atomic mass is 32.1. The molecule has 0 saturated carbocycles. The Morgan fingerprint density at radius 1 is 0.422 bits per heavy atom. The van der Waals surface area contributed by atoms with Gasteiger partial charge in [0.2, 0.25) is 0 Å². The lowest BCUT2D eigenvalue weighted by Crippen LogP contribution is -2.18. The number of rotatable bonds is 2. The lowest BCUT2D eigenvalue weighted by atomic mass is 9.86. The highest BCUT2D eigenvalue weighted by Gasteiger charge is 2.28. The first-order chi connectivity index (χ1) is 22.0. The van der Waals surface area contributed by atoms with Crippen LogP contribution in [0.3, 0.4) is 0 Å². The number of thiophene rings is 1. The largest absolute Gasteiger partial charge is 0.308 e. The van der Waals surface area contributed by atoms with E-state index in [0.717, 1.165) is 11.4 Å². The third-order valence-corrected chi connectivity index (χ3v) is 10.5. The molecule has 1 aromatic heterocycles. The molecule has 8 aromatic rings. The Balaban J connectivity index is 1.48. The Labute approximate surface area is 267 Å². The van der Waals surface area contributed by atoms with Crippen molar-refractivity contribution >= 4 is 87.2 Å². The third kappa shape index (κ3) is 4.01. The first kappa shape index (κ1) is 26.3. The van der Waals surface area contributed by atoms with Crippen LogP contribution in [0.4, 0.5) is 34.1 Å². The SMILES string of the molecule is CC(C)(C)c1cc2cc(c1)N(c1cccc3ccccc13)c1cccc3c1sc1c(cccc13)N2c1cccc2ccccc12. The normalized spacial score (nSPS) is 13.1. The van der Waals surface area contributed by atoms with Gasteiger partial charge in [-0.1, -0.05) is 118 Å². The van der Waals surface area contributed by atoms with Crippen LogP contribution in [0.15, 0.2) is 140 Å². The van der Waals surface area contributed by atoms with Crippen LogP contribution >= 0.6 is 11.3 Å². The van der Waals surface area contributed by atoms with Gasteiger partial charge in [0, 0.05) is 32.9 Å². The van der Waals surface area contributed by atoms with Crippen molar-refractivity contribution < 1.29 is 0 Å². The van der Waals surface area contributed by atoms with Crippen LogP contribution in [0.25, 0.3) is 41.7 Å². The first-order valence-electron chi connectivity index (χ1n) is 15.6. The molecule has 4 bridgehead atoms. The Morgan fingerprint density at radius 2 is 0.822 bits per heavy atom. The quantitative estimate of drug-likeness (QED) is 0.196. The summed E-state index contributed by atoms with van der Waals surface area (Å²) in [7, 11) is 0. The van der Waals surface area contributed by atoms with E-state index in [0.29, 0.717) is 0 Å². The van der Waals surface area contributed by atoms with Gasteiger partial charge < -0.3 is 9.80 Å². The second kappa shape index (κ2) is 9.69. The number of fused-ring (bicyclic) bond motifs is 5. The second-order valence-electron chi connectivity index (χ2n) is 13.1. The number of hydrogen-bond acceptors (Lipinski definition) is 3. The molecular formula is C42H32N2S. The summed E-state index contributed by atoms with van der Waals surface area (Å²) in [6, 6.07) is 51.7. The van der Waals surface area contributed by atoms with Crippen LogP contribution in [0.1, 0.15) is 26.3 Å². The zero-order chi connectivity index (χ0) is 30.3. The fourth-order valence-corrected chi connectivity index (χ4v) is 8.36. The molecule has 0 amide bonds. The maximum absolute atomic E-state index is 2.51. The van der Waals surface area contributed by atoms with Gasteiger partial charge in [0.25, 0.3) is 0 Å². The van der Waals surface area contributed by atoms with E-state index in [1.54, 1.807) is 0 Å². The van der Waals surface area contributed by atoms with Crippen LogP contribution in [0, 0.1) is 0 Å². The monoisotopic (exact) mass is 596 g/mol. The Bertz CT molecular complexity index is 2270. The zero-order valence-electron chi connectivity index (χ0n) is 25.6. The molecule has 0 fully saturated rings. The minimum atomic E-state index is -0.0615. The van der Waals surface area contributed by atoms with Gasteiger partial charge in [-0.05, 0) is 64.2 Å². The van der Waals surface area contributed by atoms with Crippen molar-refractivity contribution in [2.24, 2.45) is 0 Å². The molecule has 2 nitrogen and oxygen atoms in total. The van der Waals surface area contributed by atoms with E-state index in [2.05, 4.69) is 170 Å². The molecule has 216 valence electrons. The van der Waals surface area contributed by atoms with Gasteiger partial charge in [0.15, 0.2) is 0 Å². The summed E-state index contributed by atoms with van der Waals surface area (Å²) < 4.78 is 2.60. The molecule has 0 atom stereocenters. The van der Waals surface area contributed by atoms with Crippen molar-refractivity contribution in [2.75, 3.05) is 9.80 Å². The molecule has 0 aliphatic carbocycles. The predicted octanol–water partition coefficient (Wildman–Crippen LogP) is 12.9. The lowest BCUT2D eigenvalue weighted by Gasteiger charge is -2.33. The minimum absolute atomic E-state index is 0.0615. The number of hydrogen-bond donors (Lipinski definition) is 0. The molecule has 7 aromatic carbocycles. The standard InChI is InChI=1S/C42H32N2S/c1-42(2,3)29-24-30-26-31(25-29)44(37-21-9-15-28-13-5-7-17-33(28)37)39-23-11-19-35-34-18-10-22-38(40(34)45-41(35)39)43(30)36-20-8-14-27-12-4-6-16-32(27)36/h4-26H,1-3H3. The van der Waals surface area contributed by atoms with E-state index < -0.39 is 0 Å². The minimum Gasteiger partial charge on any atom is -0.308 e. The first-order valence-corrected chi connectivity index (χ1v) is 16.4. The summed E-state index contributed by atoms with van der Waals surface area (Å²) >= 11 is 1.91. The van der Waals surface area contributed by atoms with Gasteiger partial charge in [-0.25, -0.2) is 0 Å². The molecule has 0 saturated heterocycles. The molecule has 45 heavy (non-hydrogen) atoms. The lowest BCUT2D eigenvalue weighted by molar-refractivity contribution is 0.590. The van der Waals surface area contributed by atoms with Crippen LogP contribution in [-0.2, 0) is 5.41 Å². The molecule has 0 radical (unpaired) electrons. The fourth-order valence-electron chi connectivity index (χ4n) is 7.05. The summed E-state index contributed by atoms with van der Waals surface area (Å²) in [6.45, 7) is 6.95. The second-order valence-corrected chi connectivity index (χ2v) is 14.1. The van der Waals surface area contributed by atoms with Crippen molar-refractivity contribution in [3.8, 4) is 0 Å². The average Bonchev–Trinajstić information content (AvgIpc) is 3.45. The van der Waals surface area contributed by atoms with Crippen LogP contribution < -0.4 is 9.80 Å². The van der Waals surface area contributed by atoms with Gasteiger partial charge in [0.05, 0.1) is 32.1 Å². The van der Waals surface area contributed by atoms with Gasteiger partial charge >= 0.3 is 0 Å². The van der Waals surface area contributed by atoms with Gasteiger partial charge in [-0.3, -0.25) is 0 Å². The highest BCUT2D eigenvalue weighted by Crippen LogP contribution is 2.53. The van der Waals surface area contributed by atoms with E-state index in [4.69, 9.17) is 0 Å². The maximum Gasteiger partial charge on any atom is 0.0640 e. The van der Waals surface area contributed by atoms with E-state index in [1.165, 1.54) is 70.0 Å². The molecule has 2 heterocycles.